The molecular weight excluding hydrogens is 762 g/mol. The van der Waals surface area contributed by atoms with Gasteiger partial charge in [-0.05, 0) is 73.2 Å². The van der Waals surface area contributed by atoms with Crippen molar-refractivity contribution in [2.75, 3.05) is 20.5 Å². The van der Waals surface area contributed by atoms with Gasteiger partial charge >= 0.3 is 0 Å². The summed E-state index contributed by atoms with van der Waals surface area (Å²) in [5.74, 6) is -1.37. The van der Waals surface area contributed by atoms with Crippen molar-refractivity contribution in [3.63, 3.8) is 0 Å². The smallest absolute Gasteiger partial charge is 0.273 e. The van der Waals surface area contributed by atoms with Crippen molar-refractivity contribution in [2.45, 2.75) is 129 Å². The van der Waals surface area contributed by atoms with Crippen molar-refractivity contribution in [3.8, 4) is 11.5 Å². The zero-order valence-corrected chi connectivity index (χ0v) is 34.9. The number of hydrogen-bond donors (Lipinski definition) is 4. The Morgan fingerprint density at radius 3 is 1.75 bits per heavy atom. The normalized spacial score (nSPS) is 12.5. The standard InChI is InChI=1S/C41H58ClN3O8S2/c1-5-6-7-8-9-10-11-12-13-14-15-16-17-18-29-54(49,50)44-32-21-28-36(42)37(30-32)43-40(48)38(39(47)41(2,3)4)53-34-24-19-31(20-25-34)45-55(51,52)35-26-22-33(46)23-27-35/h19-28,30,38,44-46H,5-18,29H2,1-4H3,(H,43,48). The van der Waals surface area contributed by atoms with Gasteiger partial charge in [-0.2, -0.15) is 0 Å². The van der Waals surface area contributed by atoms with Gasteiger partial charge in [0.2, 0.25) is 16.1 Å². The number of rotatable bonds is 25. The molecule has 55 heavy (non-hydrogen) atoms. The topological polar surface area (TPSA) is 168 Å². The van der Waals surface area contributed by atoms with E-state index >= 15 is 0 Å². The second kappa shape index (κ2) is 22.1. The van der Waals surface area contributed by atoms with Crippen LogP contribution in [0.15, 0.2) is 71.6 Å². The van der Waals surface area contributed by atoms with Crippen LogP contribution in [0.25, 0.3) is 0 Å². The Balaban J connectivity index is 1.53. The van der Waals surface area contributed by atoms with Gasteiger partial charge in [-0.3, -0.25) is 19.0 Å². The predicted octanol–water partition coefficient (Wildman–Crippen LogP) is 10.1. The Labute approximate surface area is 333 Å². The van der Waals surface area contributed by atoms with E-state index in [1.54, 1.807) is 20.8 Å². The van der Waals surface area contributed by atoms with E-state index < -0.39 is 43.3 Å². The van der Waals surface area contributed by atoms with Crippen molar-refractivity contribution in [1.82, 2.24) is 0 Å². The fourth-order valence-electron chi connectivity index (χ4n) is 5.80. The number of halogens is 1. The third-order valence-corrected chi connectivity index (χ3v) is 12.1. The van der Waals surface area contributed by atoms with Gasteiger partial charge < -0.3 is 15.2 Å². The summed E-state index contributed by atoms with van der Waals surface area (Å²) in [5.41, 5.74) is -0.511. The van der Waals surface area contributed by atoms with E-state index in [9.17, 15) is 31.5 Å². The lowest BCUT2D eigenvalue weighted by molar-refractivity contribution is -0.140. The van der Waals surface area contributed by atoms with E-state index in [0.29, 0.717) is 6.42 Å². The average Bonchev–Trinajstić information content (AvgIpc) is 3.12. The number of benzene rings is 3. The highest BCUT2D eigenvalue weighted by Crippen LogP contribution is 2.29. The maximum atomic E-state index is 13.6. The van der Waals surface area contributed by atoms with Crippen LogP contribution < -0.4 is 19.5 Å². The van der Waals surface area contributed by atoms with E-state index in [1.807, 2.05) is 0 Å². The molecule has 0 aromatic heterocycles. The minimum absolute atomic E-state index is 0.0393. The molecule has 0 radical (unpaired) electrons. The number of Topliss-reactive ketones (excluding diaryl/α,β-unsaturated/α-hetero) is 1. The first-order chi connectivity index (χ1) is 26.0. The van der Waals surface area contributed by atoms with Gasteiger partial charge in [0, 0.05) is 11.1 Å². The minimum Gasteiger partial charge on any atom is -0.508 e. The van der Waals surface area contributed by atoms with Crippen LogP contribution in [0, 0.1) is 5.41 Å². The fraction of sp³-hybridized carbons (Fsp3) is 0.512. The summed E-state index contributed by atoms with van der Waals surface area (Å²) in [6.07, 6.45) is 14.7. The third kappa shape index (κ3) is 16.4. The molecule has 4 N–H and O–H groups in total. The molecule has 3 aromatic rings. The molecule has 0 spiro atoms. The average molecular weight is 821 g/mol. The molecule has 0 aliphatic heterocycles. The largest absolute Gasteiger partial charge is 0.508 e. The van der Waals surface area contributed by atoms with Crippen LogP contribution in [0.2, 0.25) is 5.02 Å². The summed E-state index contributed by atoms with van der Waals surface area (Å²) >= 11 is 6.38. The fourth-order valence-corrected chi connectivity index (χ4v) is 8.19. The summed E-state index contributed by atoms with van der Waals surface area (Å²) in [6, 6.07) is 15.0. The van der Waals surface area contributed by atoms with Crippen molar-refractivity contribution in [3.05, 3.63) is 71.8 Å². The number of anilines is 3. The first-order valence-electron chi connectivity index (χ1n) is 19.2. The highest BCUT2D eigenvalue weighted by molar-refractivity contribution is 7.93. The predicted molar refractivity (Wildman–Crippen MR) is 222 cm³/mol. The molecule has 3 aromatic carbocycles. The number of carbonyl (C=O) groups is 2. The van der Waals surface area contributed by atoms with Crippen molar-refractivity contribution >= 4 is 60.4 Å². The summed E-state index contributed by atoms with van der Waals surface area (Å²) in [5, 5.41) is 12.2. The summed E-state index contributed by atoms with van der Waals surface area (Å²) in [6.45, 7) is 7.15. The molecule has 1 atom stereocenters. The second-order valence-electron chi connectivity index (χ2n) is 14.9. The number of phenolic OH excluding ortho intramolecular Hbond substituents is 1. The van der Waals surface area contributed by atoms with Crippen LogP contribution >= 0.6 is 11.6 Å². The van der Waals surface area contributed by atoms with Crippen LogP contribution in [-0.2, 0) is 29.6 Å². The Bertz CT molecular complexity index is 1880. The quantitative estimate of drug-likeness (QED) is 0.0484. The highest BCUT2D eigenvalue weighted by atomic mass is 35.5. The van der Waals surface area contributed by atoms with Crippen LogP contribution in [0.4, 0.5) is 17.1 Å². The molecule has 1 unspecified atom stereocenters. The Kier molecular flexibility index (Phi) is 18.3. The third-order valence-electron chi connectivity index (χ3n) is 8.99. The lowest BCUT2D eigenvalue weighted by Crippen LogP contribution is -2.45. The van der Waals surface area contributed by atoms with Crippen LogP contribution in [-0.4, -0.2) is 45.5 Å². The van der Waals surface area contributed by atoms with E-state index in [1.165, 1.54) is 131 Å². The molecule has 14 heteroatoms. The Morgan fingerprint density at radius 2 is 1.22 bits per heavy atom. The number of amides is 1. The zero-order chi connectivity index (χ0) is 40.5. The molecule has 0 saturated carbocycles. The lowest BCUT2D eigenvalue weighted by Gasteiger charge is -2.25. The molecule has 0 fully saturated rings. The monoisotopic (exact) mass is 819 g/mol. The number of unbranched alkanes of at least 4 members (excludes halogenated alkanes) is 13. The molecular formula is C41H58ClN3O8S2. The zero-order valence-electron chi connectivity index (χ0n) is 32.5. The van der Waals surface area contributed by atoms with Crippen molar-refractivity contribution in [1.29, 1.82) is 0 Å². The van der Waals surface area contributed by atoms with E-state index in [0.717, 1.165) is 19.3 Å². The van der Waals surface area contributed by atoms with E-state index in [4.69, 9.17) is 16.3 Å². The summed E-state index contributed by atoms with van der Waals surface area (Å²) in [4.78, 5) is 27.0. The molecule has 0 aliphatic rings. The number of aromatic hydroxyl groups is 1. The number of carbonyl (C=O) groups excluding carboxylic acids is 2. The maximum absolute atomic E-state index is 13.6. The van der Waals surface area contributed by atoms with Gasteiger partial charge in [0.15, 0.2) is 5.78 Å². The molecule has 0 heterocycles. The molecule has 304 valence electrons. The molecule has 0 aliphatic carbocycles. The van der Waals surface area contributed by atoms with Gasteiger partial charge in [0.05, 0.1) is 27.0 Å². The number of nitrogens with one attached hydrogen (secondary N) is 3. The summed E-state index contributed by atoms with van der Waals surface area (Å²) < 4.78 is 62.1. The SMILES string of the molecule is CCCCCCCCCCCCCCCCS(=O)(=O)Nc1ccc(Cl)c(NC(=O)C(Oc2ccc(NS(=O)(=O)c3ccc(O)cc3)cc2)C(=O)C(C)(C)C)c1. The molecule has 0 saturated heterocycles. The van der Waals surface area contributed by atoms with Crippen molar-refractivity contribution in [2.24, 2.45) is 5.41 Å². The maximum Gasteiger partial charge on any atom is 0.273 e. The van der Waals surface area contributed by atoms with Gasteiger partial charge in [0.1, 0.15) is 11.5 Å². The summed E-state index contributed by atoms with van der Waals surface area (Å²) in [7, 11) is -7.63. The van der Waals surface area contributed by atoms with E-state index in [2.05, 4.69) is 21.7 Å². The van der Waals surface area contributed by atoms with Gasteiger partial charge in [-0.1, -0.05) is 123 Å². The first kappa shape index (κ1) is 45.6. The minimum atomic E-state index is -3.96. The van der Waals surface area contributed by atoms with Gasteiger partial charge in [-0.15, -0.1) is 0 Å². The van der Waals surface area contributed by atoms with Crippen LogP contribution in [0.1, 0.15) is 118 Å². The number of phenols is 1. The molecule has 11 nitrogen and oxygen atoms in total. The van der Waals surface area contributed by atoms with E-state index in [-0.39, 0.29) is 44.2 Å². The van der Waals surface area contributed by atoms with Gasteiger partial charge in [-0.25, -0.2) is 16.8 Å². The molecule has 0 bridgehead atoms. The molecule has 3 rings (SSSR count). The first-order valence-corrected chi connectivity index (χ1v) is 22.8. The van der Waals surface area contributed by atoms with Crippen molar-refractivity contribution < 1.29 is 36.3 Å². The Hall–Kier alpha value is -3.81. The number of sulfonamides is 2. The number of ether oxygens (including phenoxy) is 1. The van der Waals surface area contributed by atoms with Crippen LogP contribution in [0.3, 0.4) is 0 Å². The number of ketones is 1. The second-order valence-corrected chi connectivity index (χ2v) is 18.9. The van der Waals surface area contributed by atoms with Gasteiger partial charge in [0.25, 0.3) is 15.9 Å². The highest BCUT2D eigenvalue weighted by Gasteiger charge is 2.37. The lowest BCUT2D eigenvalue weighted by atomic mass is 9.87. The number of hydrogen-bond acceptors (Lipinski definition) is 8. The molecule has 1 amide bonds. The Morgan fingerprint density at radius 1 is 0.709 bits per heavy atom. The van der Waals surface area contributed by atoms with Crippen LogP contribution in [0.5, 0.6) is 11.5 Å².